The zero-order valence-electron chi connectivity index (χ0n) is 7.37. The Morgan fingerprint density at radius 2 is 2.31 bits per heavy atom. The van der Waals surface area contributed by atoms with Crippen molar-refractivity contribution in [3.05, 3.63) is 28.5 Å². The summed E-state index contributed by atoms with van der Waals surface area (Å²) in [5.41, 5.74) is 1.06. The highest BCUT2D eigenvalue weighted by Gasteiger charge is 2.16. The summed E-state index contributed by atoms with van der Waals surface area (Å²) in [6.45, 7) is 0.877. The summed E-state index contributed by atoms with van der Waals surface area (Å²) in [5, 5.41) is 0. The molecule has 2 rings (SSSR count). The van der Waals surface area contributed by atoms with Gasteiger partial charge in [-0.25, -0.2) is 0 Å². The second kappa shape index (κ2) is 4.20. The number of halogens is 1. The van der Waals surface area contributed by atoms with Gasteiger partial charge < -0.3 is 4.74 Å². The van der Waals surface area contributed by atoms with E-state index in [0.717, 1.165) is 23.2 Å². The van der Waals surface area contributed by atoms with Crippen molar-refractivity contribution in [2.24, 2.45) is 0 Å². The van der Waals surface area contributed by atoms with Crippen molar-refractivity contribution in [2.75, 3.05) is 6.61 Å². The minimum absolute atomic E-state index is 0.224. The first-order chi connectivity index (χ1) is 6.36. The molecule has 3 heteroatoms. The number of nitrogens with zero attached hydrogens (tertiary/aromatic N) is 1. The van der Waals surface area contributed by atoms with Gasteiger partial charge in [0.15, 0.2) is 0 Å². The van der Waals surface area contributed by atoms with Gasteiger partial charge in [-0.3, -0.25) is 4.98 Å². The lowest BCUT2D eigenvalue weighted by Crippen LogP contribution is -2.12. The van der Waals surface area contributed by atoms with E-state index >= 15 is 0 Å². The maximum absolute atomic E-state index is 5.63. The molecule has 13 heavy (non-hydrogen) atoms. The van der Waals surface area contributed by atoms with Crippen LogP contribution in [0, 0.1) is 0 Å². The van der Waals surface area contributed by atoms with E-state index in [1.165, 1.54) is 12.8 Å². The summed E-state index contributed by atoms with van der Waals surface area (Å²) >= 11 is 3.37. The zero-order valence-corrected chi connectivity index (χ0v) is 8.96. The van der Waals surface area contributed by atoms with Crippen molar-refractivity contribution >= 4 is 15.9 Å². The standard InChI is InChI=1S/C10H12BrNO/c11-8-4-5-9(12-7-8)10-3-1-2-6-13-10/h4-5,7,10H,1-3,6H2. The molecular formula is C10H12BrNO. The number of aromatic nitrogens is 1. The highest BCUT2D eigenvalue weighted by atomic mass is 79.9. The van der Waals surface area contributed by atoms with Crippen molar-refractivity contribution in [3.63, 3.8) is 0 Å². The molecule has 1 unspecified atom stereocenters. The minimum atomic E-state index is 0.224. The number of hydrogen-bond donors (Lipinski definition) is 0. The van der Waals surface area contributed by atoms with Crippen LogP contribution in [0.1, 0.15) is 31.1 Å². The molecule has 2 heterocycles. The fourth-order valence-corrected chi connectivity index (χ4v) is 1.79. The van der Waals surface area contributed by atoms with E-state index in [1.54, 1.807) is 0 Å². The zero-order chi connectivity index (χ0) is 9.10. The maximum Gasteiger partial charge on any atom is 0.0994 e. The second-order valence-electron chi connectivity index (χ2n) is 3.26. The molecular weight excluding hydrogens is 230 g/mol. The molecule has 0 aliphatic carbocycles. The molecule has 1 aliphatic rings. The molecule has 0 amide bonds. The Labute approximate surface area is 86.5 Å². The first-order valence-electron chi connectivity index (χ1n) is 4.59. The van der Waals surface area contributed by atoms with Crippen LogP contribution in [0.15, 0.2) is 22.8 Å². The number of ether oxygens (including phenoxy) is 1. The molecule has 0 bridgehead atoms. The fourth-order valence-electron chi connectivity index (χ4n) is 1.55. The predicted molar refractivity (Wildman–Crippen MR) is 54.5 cm³/mol. The van der Waals surface area contributed by atoms with Crippen molar-refractivity contribution in [1.82, 2.24) is 4.98 Å². The number of hydrogen-bond acceptors (Lipinski definition) is 2. The molecule has 2 nitrogen and oxygen atoms in total. The Kier molecular flexibility index (Phi) is 2.96. The molecule has 0 saturated carbocycles. The monoisotopic (exact) mass is 241 g/mol. The summed E-state index contributed by atoms with van der Waals surface area (Å²) in [6.07, 6.45) is 5.60. The largest absolute Gasteiger partial charge is 0.372 e. The highest BCUT2D eigenvalue weighted by molar-refractivity contribution is 9.10. The molecule has 1 aromatic rings. The Morgan fingerprint density at radius 1 is 1.38 bits per heavy atom. The molecule has 1 aliphatic heterocycles. The van der Waals surface area contributed by atoms with E-state index in [1.807, 2.05) is 18.3 Å². The van der Waals surface area contributed by atoms with Gasteiger partial charge in [-0.05, 0) is 47.3 Å². The first-order valence-corrected chi connectivity index (χ1v) is 5.38. The average molecular weight is 242 g/mol. The van der Waals surface area contributed by atoms with Crippen LogP contribution in [0.5, 0.6) is 0 Å². The van der Waals surface area contributed by atoms with Crippen LogP contribution in [0.4, 0.5) is 0 Å². The van der Waals surface area contributed by atoms with Crippen LogP contribution in [0.2, 0.25) is 0 Å². The second-order valence-corrected chi connectivity index (χ2v) is 4.17. The highest BCUT2D eigenvalue weighted by Crippen LogP contribution is 2.26. The quantitative estimate of drug-likeness (QED) is 0.754. The first kappa shape index (κ1) is 9.16. The van der Waals surface area contributed by atoms with Crippen LogP contribution >= 0.6 is 15.9 Å². The summed E-state index contributed by atoms with van der Waals surface area (Å²) in [4.78, 5) is 4.33. The van der Waals surface area contributed by atoms with Gasteiger partial charge in [-0.1, -0.05) is 0 Å². The van der Waals surface area contributed by atoms with Gasteiger partial charge in [0.2, 0.25) is 0 Å². The van der Waals surface area contributed by atoms with Crippen molar-refractivity contribution in [1.29, 1.82) is 0 Å². The maximum atomic E-state index is 5.63. The van der Waals surface area contributed by atoms with Crippen molar-refractivity contribution in [2.45, 2.75) is 25.4 Å². The van der Waals surface area contributed by atoms with Crippen LogP contribution in [0.25, 0.3) is 0 Å². The van der Waals surface area contributed by atoms with E-state index in [9.17, 15) is 0 Å². The molecule has 1 aromatic heterocycles. The number of rotatable bonds is 1. The lowest BCUT2D eigenvalue weighted by Gasteiger charge is -2.21. The lowest BCUT2D eigenvalue weighted by molar-refractivity contribution is 0.0123. The summed E-state index contributed by atoms with van der Waals surface area (Å²) in [6, 6.07) is 4.04. The Hall–Kier alpha value is -0.410. The van der Waals surface area contributed by atoms with Gasteiger partial charge in [0.1, 0.15) is 0 Å². The van der Waals surface area contributed by atoms with Crippen LogP contribution in [-0.2, 0) is 4.74 Å². The normalized spacial score (nSPS) is 23.0. The Balaban J connectivity index is 2.10. The van der Waals surface area contributed by atoms with Gasteiger partial charge in [0.05, 0.1) is 11.8 Å². The third-order valence-electron chi connectivity index (χ3n) is 2.26. The lowest BCUT2D eigenvalue weighted by atomic mass is 10.1. The third kappa shape index (κ3) is 2.29. The predicted octanol–water partition coefficient (Wildman–Crippen LogP) is 3.09. The molecule has 0 radical (unpaired) electrons. The molecule has 1 fully saturated rings. The topological polar surface area (TPSA) is 22.1 Å². The van der Waals surface area contributed by atoms with Gasteiger partial charge in [-0.15, -0.1) is 0 Å². The molecule has 0 N–H and O–H groups in total. The molecule has 1 saturated heterocycles. The molecule has 1 atom stereocenters. The van der Waals surface area contributed by atoms with E-state index in [2.05, 4.69) is 20.9 Å². The van der Waals surface area contributed by atoms with Crippen molar-refractivity contribution < 1.29 is 4.74 Å². The smallest absolute Gasteiger partial charge is 0.0994 e. The van der Waals surface area contributed by atoms with Crippen LogP contribution < -0.4 is 0 Å². The van der Waals surface area contributed by atoms with Crippen LogP contribution in [0.3, 0.4) is 0 Å². The third-order valence-corrected chi connectivity index (χ3v) is 2.73. The van der Waals surface area contributed by atoms with E-state index in [4.69, 9.17) is 4.74 Å². The van der Waals surface area contributed by atoms with E-state index in [0.29, 0.717) is 0 Å². The summed E-state index contributed by atoms with van der Waals surface area (Å²) in [7, 11) is 0. The number of pyridine rings is 1. The van der Waals surface area contributed by atoms with Crippen LogP contribution in [-0.4, -0.2) is 11.6 Å². The summed E-state index contributed by atoms with van der Waals surface area (Å²) < 4.78 is 6.65. The molecule has 0 aromatic carbocycles. The molecule has 70 valence electrons. The van der Waals surface area contributed by atoms with Crippen molar-refractivity contribution in [3.8, 4) is 0 Å². The molecule has 0 spiro atoms. The van der Waals surface area contributed by atoms with Gasteiger partial charge >= 0.3 is 0 Å². The van der Waals surface area contributed by atoms with Gasteiger partial charge in [0, 0.05) is 17.3 Å². The van der Waals surface area contributed by atoms with Gasteiger partial charge in [0.25, 0.3) is 0 Å². The Bertz CT molecular complexity index is 267. The van der Waals surface area contributed by atoms with E-state index < -0.39 is 0 Å². The SMILES string of the molecule is Brc1ccc(C2CCCCO2)nc1. The fraction of sp³-hybridized carbons (Fsp3) is 0.500. The average Bonchev–Trinajstić information content (AvgIpc) is 2.20. The Morgan fingerprint density at radius 3 is 2.92 bits per heavy atom. The van der Waals surface area contributed by atoms with E-state index in [-0.39, 0.29) is 6.10 Å². The minimum Gasteiger partial charge on any atom is -0.372 e. The van der Waals surface area contributed by atoms with Gasteiger partial charge in [-0.2, -0.15) is 0 Å². The summed E-state index contributed by atoms with van der Waals surface area (Å²) in [5.74, 6) is 0.